The highest BCUT2D eigenvalue weighted by Gasteiger charge is 1.74. The Kier molecular flexibility index (Phi) is 4.60. The fourth-order valence-corrected chi connectivity index (χ4v) is 0.371. The van der Waals surface area contributed by atoms with Crippen LogP contribution in [0.2, 0.25) is 0 Å². The minimum absolute atomic E-state index is 0.208. The summed E-state index contributed by atoms with van der Waals surface area (Å²) in [4.78, 5) is 0. The van der Waals surface area contributed by atoms with E-state index in [1.165, 1.54) is 6.08 Å². The lowest BCUT2D eigenvalue weighted by molar-refractivity contribution is 0.433. The maximum Gasteiger partial charge on any atom is 0.114 e. The fraction of sp³-hybridized carbons (Fsp3) is 0.250. The molecular formula is C8H12O. The third-order valence-corrected chi connectivity index (χ3v) is 0.848. The maximum atomic E-state index is 8.78. The van der Waals surface area contributed by atoms with Gasteiger partial charge >= 0.3 is 0 Å². The molecule has 0 radical (unpaired) electrons. The number of hydrogen-bond acceptors (Lipinski definition) is 1. The molecule has 0 aromatic heterocycles. The lowest BCUT2D eigenvalue weighted by Crippen LogP contribution is -1.67. The van der Waals surface area contributed by atoms with Gasteiger partial charge in [-0.3, -0.25) is 0 Å². The molecule has 0 bridgehead atoms. The van der Waals surface area contributed by atoms with Gasteiger partial charge in [0.05, 0.1) is 0 Å². The molecule has 0 aliphatic heterocycles. The van der Waals surface area contributed by atoms with Crippen LogP contribution >= 0.6 is 0 Å². The van der Waals surface area contributed by atoms with Crippen LogP contribution in [-0.4, -0.2) is 5.11 Å². The van der Waals surface area contributed by atoms with Crippen LogP contribution in [0.3, 0.4) is 0 Å². The van der Waals surface area contributed by atoms with E-state index in [9.17, 15) is 0 Å². The van der Waals surface area contributed by atoms with Gasteiger partial charge in [-0.05, 0) is 18.6 Å². The lowest BCUT2D eigenvalue weighted by Gasteiger charge is -1.82. The van der Waals surface area contributed by atoms with E-state index < -0.39 is 0 Å². The molecule has 0 saturated carbocycles. The van der Waals surface area contributed by atoms with Crippen molar-refractivity contribution in [3.8, 4) is 0 Å². The summed E-state index contributed by atoms with van der Waals surface area (Å²) in [5.74, 6) is 0.208. The normalized spacial score (nSPS) is 12.3. The van der Waals surface area contributed by atoms with Crippen LogP contribution in [0.5, 0.6) is 0 Å². The summed E-state index contributed by atoms with van der Waals surface area (Å²) < 4.78 is 0. The quantitative estimate of drug-likeness (QED) is 0.453. The smallest absolute Gasteiger partial charge is 0.114 e. The van der Waals surface area contributed by atoms with E-state index in [4.69, 9.17) is 5.11 Å². The predicted octanol–water partition coefficient (Wildman–Crippen LogP) is 2.58. The summed E-state index contributed by atoms with van der Waals surface area (Å²) in [5.41, 5.74) is 0. The third kappa shape index (κ3) is 4.88. The van der Waals surface area contributed by atoms with Gasteiger partial charge < -0.3 is 5.11 Å². The predicted molar refractivity (Wildman–Crippen MR) is 40.3 cm³/mol. The lowest BCUT2D eigenvalue weighted by atomic mass is 10.3. The molecule has 1 heteroatoms. The Bertz CT molecular complexity index is 132. The summed E-state index contributed by atoms with van der Waals surface area (Å²) in [5, 5.41) is 8.78. The summed E-state index contributed by atoms with van der Waals surface area (Å²) in [6.45, 7) is 5.42. The Morgan fingerprint density at radius 2 is 2.33 bits per heavy atom. The van der Waals surface area contributed by atoms with Crippen molar-refractivity contribution in [2.24, 2.45) is 0 Å². The second-order valence-corrected chi connectivity index (χ2v) is 1.63. The number of rotatable bonds is 3. The van der Waals surface area contributed by atoms with E-state index in [0.29, 0.717) is 0 Å². The molecule has 0 aromatic carbocycles. The molecule has 0 saturated heterocycles. The first-order valence-corrected chi connectivity index (χ1v) is 2.99. The Hall–Kier alpha value is -0.980. The monoisotopic (exact) mass is 124 g/mol. The van der Waals surface area contributed by atoms with Gasteiger partial charge in [-0.15, -0.1) is 0 Å². The molecule has 0 aliphatic carbocycles. The number of hydrogen-bond donors (Lipinski definition) is 1. The summed E-state index contributed by atoms with van der Waals surface area (Å²) in [6.07, 6.45) is 7.76. The van der Waals surface area contributed by atoms with E-state index >= 15 is 0 Å². The Morgan fingerprint density at radius 1 is 1.67 bits per heavy atom. The number of aliphatic hydroxyl groups excluding tert-OH is 1. The zero-order chi connectivity index (χ0) is 7.11. The van der Waals surface area contributed by atoms with Gasteiger partial charge in [0, 0.05) is 0 Å². The van der Waals surface area contributed by atoms with Gasteiger partial charge in [0.15, 0.2) is 0 Å². The van der Waals surface area contributed by atoms with Crippen molar-refractivity contribution in [1.29, 1.82) is 0 Å². The fourth-order valence-electron chi connectivity index (χ4n) is 0.371. The molecule has 0 spiro atoms. The van der Waals surface area contributed by atoms with E-state index in [1.807, 2.05) is 13.0 Å². The molecule has 0 heterocycles. The van der Waals surface area contributed by atoms with Gasteiger partial charge in [0.2, 0.25) is 0 Å². The highest BCUT2D eigenvalue weighted by molar-refractivity contribution is 5.14. The molecule has 0 aromatic rings. The third-order valence-electron chi connectivity index (χ3n) is 0.848. The van der Waals surface area contributed by atoms with Crippen molar-refractivity contribution in [1.82, 2.24) is 0 Å². The SMILES string of the molecule is C=C/C(O)=C/C=C/CC. The first kappa shape index (κ1) is 8.02. The van der Waals surface area contributed by atoms with Crippen molar-refractivity contribution >= 4 is 0 Å². The molecule has 0 atom stereocenters. The van der Waals surface area contributed by atoms with Gasteiger partial charge in [0.25, 0.3) is 0 Å². The van der Waals surface area contributed by atoms with E-state index in [-0.39, 0.29) is 5.76 Å². The minimum atomic E-state index is 0.208. The topological polar surface area (TPSA) is 20.2 Å². The van der Waals surface area contributed by atoms with Crippen LogP contribution in [-0.2, 0) is 0 Å². The average molecular weight is 124 g/mol. The van der Waals surface area contributed by atoms with Gasteiger partial charge in [-0.25, -0.2) is 0 Å². The Labute approximate surface area is 56.0 Å². The van der Waals surface area contributed by atoms with Crippen molar-refractivity contribution in [3.05, 3.63) is 36.6 Å². The summed E-state index contributed by atoms with van der Waals surface area (Å²) in [6, 6.07) is 0. The number of allylic oxidation sites excluding steroid dienone is 4. The number of aliphatic hydroxyl groups is 1. The van der Waals surface area contributed by atoms with Crippen molar-refractivity contribution in [3.63, 3.8) is 0 Å². The Morgan fingerprint density at radius 3 is 2.78 bits per heavy atom. The highest BCUT2D eigenvalue weighted by atomic mass is 16.3. The highest BCUT2D eigenvalue weighted by Crippen LogP contribution is 1.89. The van der Waals surface area contributed by atoms with Gasteiger partial charge in [-0.1, -0.05) is 25.7 Å². The van der Waals surface area contributed by atoms with Gasteiger partial charge in [0.1, 0.15) is 5.76 Å². The molecule has 0 rings (SSSR count). The van der Waals surface area contributed by atoms with Crippen LogP contribution in [0.4, 0.5) is 0 Å². The molecular weight excluding hydrogens is 112 g/mol. The first-order valence-electron chi connectivity index (χ1n) is 2.99. The van der Waals surface area contributed by atoms with E-state index in [1.54, 1.807) is 12.2 Å². The zero-order valence-corrected chi connectivity index (χ0v) is 5.67. The molecule has 50 valence electrons. The van der Waals surface area contributed by atoms with Crippen LogP contribution < -0.4 is 0 Å². The van der Waals surface area contributed by atoms with Crippen LogP contribution in [0.15, 0.2) is 36.6 Å². The molecule has 0 fully saturated rings. The largest absolute Gasteiger partial charge is 0.508 e. The molecule has 1 N–H and O–H groups in total. The molecule has 0 amide bonds. The molecule has 1 nitrogen and oxygen atoms in total. The van der Waals surface area contributed by atoms with Crippen LogP contribution in [0.25, 0.3) is 0 Å². The Balaban J connectivity index is 3.68. The molecule has 0 aliphatic rings. The standard InChI is InChI=1S/C8H12O/c1-3-5-6-7-8(9)4-2/h4-7,9H,2-3H2,1H3/b6-5+,8-7-. The van der Waals surface area contributed by atoms with E-state index in [0.717, 1.165) is 6.42 Å². The molecule has 0 unspecified atom stereocenters. The zero-order valence-electron chi connectivity index (χ0n) is 5.67. The van der Waals surface area contributed by atoms with Crippen molar-refractivity contribution in [2.45, 2.75) is 13.3 Å². The maximum absolute atomic E-state index is 8.78. The van der Waals surface area contributed by atoms with Gasteiger partial charge in [-0.2, -0.15) is 0 Å². The second-order valence-electron chi connectivity index (χ2n) is 1.63. The van der Waals surface area contributed by atoms with E-state index in [2.05, 4.69) is 6.58 Å². The minimum Gasteiger partial charge on any atom is -0.508 e. The molecule has 9 heavy (non-hydrogen) atoms. The second kappa shape index (κ2) is 5.16. The van der Waals surface area contributed by atoms with Crippen molar-refractivity contribution < 1.29 is 5.11 Å². The first-order chi connectivity index (χ1) is 4.31. The summed E-state index contributed by atoms with van der Waals surface area (Å²) in [7, 11) is 0. The summed E-state index contributed by atoms with van der Waals surface area (Å²) >= 11 is 0. The van der Waals surface area contributed by atoms with Crippen molar-refractivity contribution in [2.75, 3.05) is 0 Å². The van der Waals surface area contributed by atoms with Crippen LogP contribution in [0.1, 0.15) is 13.3 Å². The average Bonchev–Trinajstić information content (AvgIpc) is 1.89. The van der Waals surface area contributed by atoms with Crippen LogP contribution in [0, 0.1) is 0 Å².